The quantitative estimate of drug-likeness (QED) is 0.850. The van der Waals surface area contributed by atoms with Crippen molar-refractivity contribution in [3.8, 4) is 0 Å². The SMILES string of the molecule is Cl.N[C@@H](CCF)c1c(F)ccc(Br)c1F. The molecular weight excluding hydrogens is 294 g/mol. The Kier molecular flexibility index (Phi) is 6.24. The first kappa shape index (κ1) is 14.7. The topological polar surface area (TPSA) is 26.0 Å². The van der Waals surface area contributed by atoms with Crippen LogP contribution >= 0.6 is 28.3 Å². The zero-order valence-corrected chi connectivity index (χ0v) is 10.0. The number of alkyl halides is 1. The minimum Gasteiger partial charge on any atom is -0.324 e. The fourth-order valence-electron chi connectivity index (χ4n) is 1.14. The lowest BCUT2D eigenvalue weighted by molar-refractivity contribution is 0.425. The van der Waals surface area contributed by atoms with Gasteiger partial charge in [0.25, 0.3) is 0 Å². The molecule has 0 aliphatic heterocycles. The van der Waals surface area contributed by atoms with Crippen molar-refractivity contribution in [3.05, 3.63) is 33.8 Å². The second-order valence-electron chi connectivity index (χ2n) is 2.84. The number of hydrogen-bond acceptors (Lipinski definition) is 1. The molecule has 0 aromatic heterocycles. The average Bonchev–Trinajstić information content (AvgIpc) is 2.13. The van der Waals surface area contributed by atoms with Crippen molar-refractivity contribution in [2.24, 2.45) is 5.73 Å². The number of rotatable bonds is 3. The average molecular weight is 305 g/mol. The van der Waals surface area contributed by atoms with Gasteiger partial charge >= 0.3 is 0 Å². The zero-order valence-electron chi connectivity index (χ0n) is 7.64. The largest absolute Gasteiger partial charge is 0.324 e. The summed E-state index contributed by atoms with van der Waals surface area (Å²) in [6, 6.07) is 1.40. The molecule has 1 aromatic carbocycles. The number of halogens is 5. The van der Waals surface area contributed by atoms with Crippen molar-refractivity contribution in [2.75, 3.05) is 6.67 Å². The highest BCUT2D eigenvalue weighted by Crippen LogP contribution is 2.26. The van der Waals surface area contributed by atoms with Gasteiger partial charge < -0.3 is 5.73 Å². The Morgan fingerprint density at radius 3 is 2.47 bits per heavy atom. The maximum atomic E-state index is 13.3. The summed E-state index contributed by atoms with van der Waals surface area (Å²) < 4.78 is 38.6. The van der Waals surface area contributed by atoms with Crippen molar-refractivity contribution >= 4 is 28.3 Å². The molecule has 0 aliphatic carbocycles. The van der Waals surface area contributed by atoms with Crippen LogP contribution in [0.3, 0.4) is 0 Å². The Bertz CT molecular complexity index is 335. The third-order valence-electron chi connectivity index (χ3n) is 1.87. The molecule has 1 nitrogen and oxygen atoms in total. The standard InChI is InChI=1S/C9H9BrF3N.ClH/c10-5-1-2-6(12)8(9(5)13)7(14)3-4-11;/h1-2,7H,3-4,14H2;1H/t7-;/m0./s1. The van der Waals surface area contributed by atoms with Crippen LogP contribution in [0.4, 0.5) is 13.2 Å². The van der Waals surface area contributed by atoms with E-state index in [2.05, 4.69) is 15.9 Å². The van der Waals surface area contributed by atoms with Gasteiger partial charge in [-0.25, -0.2) is 8.78 Å². The van der Waals surface area contributed by atoms with Crippen LogP contribution in [0.15, 0.2) is 16.6 Å². The molecule has 0 amide bonds. The molecule has 0 radical (unpaired) electrons. The van der Waals surface area contributed by atoms with Crippen molar-refractivity contribution in [3.63, 3.8) is 0 Å². The van der Waals surface area contributed by atoms with E-state index in [-0.39, 0.29) is 28.9 Å². The van der Waals surface area contributed by atoms with E-state index < -0.39 is 24.4 Å². The van der Waals surface area contributed by atoms with E-state index in [9.17, 15) is 13.2 Å². The fourth-order valence-corrected chi connectivity index (χ4v) is 1.49. The molecule has 0 unspecified atom stereocenters. The van der Waals surface area contributed by atoms with Gasteiger partial charge in [0, 0.05) is 11.6 Å². The van der Waals surface area contributed by atoms with Crippen LogP contribution in [0.1, 0.15) is 18.0 Å². The third-order valence-corrected chi connectivity index (χ3v) is 2.48. The number of benzene rings is 1. The van der Waals surface area contributed by atoms with E-state index in [0.717, 1.165) is 6.07 Å². The maximum Gasteiger partial charge on any atom is 0.145 e. The summed E-state index contributed by atoms with van der Waals surface area (Å²) in [4.78, 5) is 0. The molecule has 0 saturated carbocycles. The Hall–Kier alpha value is -0.260. The van der Waals surface area contributed by atoms with E-state index in [1.165, 1.54) is 6.07 Å². The highest BCUT2D eigenvalue weighted by molar-refractivity contribution is 9.10. The fraction of sp³-hybridized carbons (Fsp3) is 0.333. The molecule has 15 heavy (non-hydrogen) atoms. The summed E-state index contributed by atoms with van der Waals surface area (Å²) in [5.74, 6) is -1.50. The van der Waals surface area contributed by atoms with Gasteiger partial charge in [-0.1, -0.05) is 0 Å². The van der Waals surface area contributed by atoms with E-state index in [0.29, 0.717) is 0 Å². The van der Waals surface area contributed by atoms with E-state index in [1.807, 2.05) is 0 Å². The van der Waals surface area contributed by atoms with Crippen molar-refractivity contribution in [1.82, 2.24) is 0 Å². The molecule has 1 aromatic rings. The molecule has 86 valence electrons. The van der Waals surface area contributed by atoms with Crippen LogP contribution in [0.2, 0.25) is 0 Å². The van der Waals surface area contributed by atoms with Crippen LogP contribution in [0.5, 0.6) is 0 Å². The van der Waals surface area contributed by atoms with Gasteiger partial charge in [0.15, 0.2) is 0 Å². The second-order valence-corrected chi connectivity index (χ2v) is 3.70. The van der Waals surface area contributed by atoms with Crippen LogP contribution in [0.25, 0.3) is 0 Å². The first-order valence-corrected chi connectivity index (χ1v) is 4.82. The molecular formula is C9H10BrClF3N. The Balaban J connectivity index is 0.00000196. The Labute approximate surface area is 100 Å². The lowest BCUT2D eigenvalue weighted by Gasteiger charge is -2.12. The smallest absolute Gasteiger partial charge is 0.145 e. The summed E-state index contributed by atoms with van der Waals surface area (Å²) in [7, 11) is 0. The molecule has 2 N–H and O–H groups in total. The summed E-state index contributed by atoms with van der Waals surface area (Å²) in [5.41, 5.74) is 5.17. The Morgan fingerprint density at radius 2 is 1.93 bits per heavy atom. The van der Waals surface area contributed by atoms with Gasteiger partial charge in [0.05, 0.1) is 11.1 Å². The van der Waals surface area contributed by atoms with Gasteiger partial charge in [-0.05, 0) is 34.5 Å². The predicted octanol–water partition coefficient (Wildman–Crippen LogP) is 3.51. The lowest BCUT2D eigenvalue weighted by atomic mass is 10.0. The predicted molar refractivity (Wildman–Crippen MR) is 58.8 cm³/mol. The summed E-state index contributed by atoms with van der Waals surface area (Å²) >= 11 is 2.91. The molecule has 0 heterocycles. The van der Waals surface area contributed by atoms with E-state index >= 15 is 0 Å². The maximum absolute atomic E-state index is 13.3. The van der Waals surface area contributed by atoms with E-state index in [1.54, 1.807) is 0 Å². The van der Waals surface area contributed by atoms with Gasteiger partial charge in [0.2, 0.25) is 0 Å². The minimum absolute atomic E-state index is 0. The summed E-state index contributed by atoms with van der Waals surface area (Å²) in [6.45, 7) is -0.702. The molecule has 0 fully saturated rings. The third kappa shape index (κ3) is 3.36. The molecule has 0 spiro atoms. The number of nitrogens with two attached hydrogens (primary N) is 1. The molecule has 0 aliphatic rings. The van der Waals surface area contributed by atoms with Gasteiger partial charge in [-0.15, -0.1) is 12.4 Å². The summed E-state index contributed by atoms with van der Waals surface area (Å²) in [5, 5.41) is 0. The van der Waals surface area contributed by atoms with Crippen LogP contribution in [-0.4, -0.2) is 6.67 Å². The molecule has 1 rings (SSSR count). The molecule has 0 saturated heterocycles. The van der Waals surface area contributed by atoms with Crippen molar-refractivity contribution < 1.29 is 13.2 Å². The zero-order chi connectivity index (χ0) is 10.7. The normalized spacial score (nSPS) is 12.1. The molecule has 0 bridgehead atoms. The minimum atomic E-state index is -0.947. The summed E-state index contributed by atoms with van der Waals surface area (Å²) in [6.07, 6.45) is -0.0930. The highest BCUT2D eigenvalue weighted by Gasteiger charge is 2.18. The van der Waals surface area contributed by atoms with Crippen LogP contribution in [-0.2, 0) is 0 Å². The molecule has 1 atom stereocenters. The first-order valence-electron chi connectivity index (χ1n) is 4.03. The highest BCUT2D eigenvalue weighted by atomic mass is 79.9. The lowest BCUT2D eigenvalue weighted by Crippen LogP contribution is -2.15. The van der Waals surface area contributed by atoms with Crippen LogP contribution < -0.4 is 5.73 Å². The van der Waals surface area contributed by atoms with Crippen molar-refractivity contribution in [2.45, 2.75) is 12.5 Å². The van der Waals surface area contributed by atoms with Crippen molar-refractivity contribution in [1.29, 1.82) is 0 Å². The number of hydrogen-bond donors (Lipinski definition) is 1. The monoisotopic (exact) mass is 303 g/mol. The van der Waals surface area contributed by atoms with Gasteiger partial charge in [0.1, 0.15) is 11.6 Å². The van der Waals surface area contributed by atoms with Gasteiger partial charge in [-0.3, -0.25) is 4.39 Å². The van der Waals surface area contributed by atoms with E-state index in [4.69, 9.17) is 5.73 Å². The van der Waals surface area contributed by atoms with Crippen LogP contribution in [0, 0.1) is 11.6 Å². The van der Waals surface area contributed by atoms with Gasteiger partial charge in [-0.2, -0.15) is 0 Å². The Morgan fingerprint density at radius 1 is 1.33 bits per heavy atom. The second kappa shape index (κ2) is 6.35. The first-order chi connectivity index (χ1) is 6.57. The molecule has 6 heteroatoms.